The molecule has 0 bridgehead atoms. The van der Waals surface area contributed by atoms with Crippen LogP contribution < -0.4 is 10.3 Å². The lowest BCUT2D eigenvalue weighted by Crippen LogP contribution is -2.45. The fourth-order valence-corrected chi connectivity index (χ4v) is 3.23. The Morgan fingerprint density at radius 1 is 1.40 bits per heavy atom. The van der Waals surface area contributed by atoms with E-state index in [1.165, 1.54) is 29.1 Å². The van der Waals surface area contributed by atoms with E-state index in [-0.39, 0.29) is 40.2 Å². The molecule has 0 aliphatic carbocycles. The van der Waals surface area contributed by atoms with Crippen molar-refractivity contribution in [3.63, 3.8) is 0 Å². The molecule has 2 aromatic rings. The molecule has 0 saturated carbocycles. The van der Waals surface area contributed by atoms with E-state index in [2.05, 4.69) is 9.72 Å². The van der Waals surface area contributed by atoms with E-state index in [0.29, 0.717) is 6.54 Å². The second-order valence-corrected chi connectivity index (χ2v) is 6.70. The standard InChI is InChI=1S/C17H19F2N3O3/c1-17(2)6-3-7-22(17)14(23)9-21-10-20-13-8-11(25-16(18)19)4-5-12(13)15(21)24/h4-5,8,10,16H,3,6-7,9H2,1-2H3. The first kappa shape index (κ1) is 17.3. The van der Waals surface area contributed by atoms with E-state index in [1.54, 1.807) is 4.90 Å². The topological polar surface area (TPSA) is 64.4 Å². The van der Waals surface area contributed by atoms with E-state index < -0.39 is 6.61 Å². The largest absolute Gasteiger partial charge is 0.435 e. The summed E-state index contributed by atoms with van der Waals surface area (Å²) in [5.41, 5.74) is -0.362. The number of carbonyl (C=O) groups excluding carboxylic acids is 1. The number of alkyl halides is 2. The van der Waals surface area contributed by atoms with Crippen molar-refractivity contribution < 1.29 is 18.3 Å². The molecule has 0 radical (unpaired) electrons. The lowest BCUT2D eigenvalue weighted by atomic mass is 10.0. The molecule has 6 nitrogen and oxygen atoms in total. The van der Waals surface area contributed by atoms with Crippen LogP contribution in [0.5, 0.6) is 5.75 Å². The highest BCUT2D eigenvalue weighted by molar-refractivity contribution is 5.80. The normalized spacial score (nSPS) is 16.6. The molecule has 8 heteroatoms. The Bertz CT molecular complexity index is 864. The average molecular weight is 351 g/mol. The minimum Gasteiger partial charge on any atom is -0.435 e. The van der Waals surface area contributed by atoms with Gasteiger partial charge in [-0.15, -0.1) is 0 Å². The average Bonchev–Trinajstić information content (AvgIpc) is 2.89. The number of fused-ring (bicyclic) bond motifs is 1. The molecule has 2 heterocycles. The maximum absolute atomic E-state index is 12.5. The number of hydrogen-bond donors (Lipinski definition) is 0. The van der Waals surface area contributed by atoms with Gasteiger partial charge in [0.2, 0.25) is 5.91 Å². The molecule has 25 heavy (non-hydrogen) atoms. The predicted octanol–water partition coefficient (Wildman–Crippen LogP) is 2.40. The Labute approximate surface area is 143 Å². The van der Waals surface area contributed by atoms with Crippen LogP contribution in [0.4, 0.5) is 8.78 Å². The van der Waals surface area contributed by atoms with Gasteiger partial charge in [-0.3, -0.25) is 14.2 Å². The molecular formula is C17H19F2N3O3. The molecule has 1 amide bonds. The Kier molecular flexibility index (Phi) is 4.45. The third kappa shape index (κ3) is 3.47. The number of benzene rings is 1. The van der Waals surface area contributed by atoms with Crippen LogP contribution in [0.2, 0.25) is 0 Å². The smallest absolute Gasteiger partial charge is 0.387 e. The zero-order valence-electron chi connectivity index (χ0n) is 14.0. The number of ether oxygens (including phenoxy) is 1. The van der Waals surface area contributed by atoms with E-state index in [4.69, 9.17) is 0 Å². The first-order chi connectivity index (χ1) is 11.8. The fraction of sp³-hybridized carbons (Fsp3) is 0.471. The van der Waals surface area contributed by atoms with Gasteiger partial charge in [0.1, 0.15) is 12.3 Å². The maximum atomic E-state index is 12.5. The van der Waals surface area contributed by atoms with Gasteiger partial charge in [-0.1, -0.05) is 0 Å². The van der Waals surface area contributed by atoms with Gasteiger partial charge < -0.3 is 9.64 Å². The van der Waals surface area contributed by atoms with Gasteiger partial charge in [-0.05, 0) is 38.8 Å². The zero-order chi connectivity index (χ0) is 18.2. The van der Waals surface area contributed by atoms with Crippen LogP contribution in [-0.4, -0.2) is 39.1 Å². The summed E-state index contributed by atoms with van der Waals surface area (Å²) in [5.74, 6) is -0.203. The van der Waals surface area contributed by atoms with Crippen molar-refractivity contribution in [3.05, 3.63) is 34.9 Å². The summed E-state index contributed by atoms with van der Waals surface area (Å²) < 4.78 is 30.1. The Morgan fingerprint density at radius 2 is 2.16 bits per heavy atom. The Balaban J connectivity index is 1.87. The highest BCUT2D eigenvalue weighted by Gasteiger charge is 2.35. The second-order valence-electron chi connectivity index (χ2n) is 6.70. The van der Waals surface area contributed by atoms with E-state index >= 15 is 0 Å². The molecule has 0 atom stereocenters. The molecule has 0 unspecified atom stereocenters. The number of aromatic nitrogens is 2. The van der Waals surface area contributed by atoms with Crippen LogP contribution >= 0.6 is 0 Å². The van der Waals surface area contributed by atoms with Crippen LogP contribution in [0.15, 0.2) is 29.3 Å². The molecule has 1 aromatic carbocycles. The molecular weight excluding hydrogens is 332 g/mol. The molecule has 1 saturated heterocycles. The number of halogens is 2. The molecule has 0 spiro atoms. The first-order valence-corrected chi connectivity index (χ1v) is 8.02. The molecule has 1 aliphatic heterocycles. The van der Waals surface area contributed by atoms with Gasteiger partial charge in [-0.2, -0.15) is 8.78 Å². The number of rotatable bonds is 4. The number of carbonyl (C=O) groups is 1. The summed E-state index contributed by atoms with van der Waals surface area (Å²) in [6.07, 6.45) is 3.13. The summed E-state index contributed by atoms with van der Waals surface area (Å²) in [4.78, 5) is 30.9. The molecule has 0 N–H and O–H groups in total. The first-order valence-electron chi connectivity index (χ1n) is 8.02. The van der Waals surface area contributed by atoms with Gasteiger partial charge in [0.15, 0.2) is 0 Å². The second kappa shape index (κ2) is 6.42. The minimum atomic E-state index is -2.95. The van der Waals surface area contributed by atoms with Crippen LogP contribution in [0.1, 0.15) is 26.7 Å². The predicted molar refractivity (Wildman–Crippen MR) is 87.7 cm³/mol. The quantitative estimate of drug-likeness (QED) is 0.848. The van der Waals surface area contributed by atoms with Gasteiger partial charge in [0, 0.05) is 18.2 Å². The number of hydrogen-bond acceptors (Lipinski definition) is 4. The zero-order valence-corrected chi connectivity index (χ0v) is 14.0. The number of amides is 1. The molecule has 3 rings (SSSR count). The summed E-state index contributed by atoms with van der Waals surface area (Å²) >= 11 is 0. The fourth-order valence-electron chi connectivity index (χ4n) is 3.23. The summed E-state index contributed by atoms with van der Waals surface area (Å²) in [6.45, 7) is 1.64. The van der Waals surface area contributed by atoms with E-state index in [1.807, 2.05) is 13.8 Å². The van der Waals surface area contributed by atoms with Crippen LogP contribution in [0, 0.1) is 0 Å². The molecule has 1 aliphatic rings. The summed E-state index contributed by atoms with van der Waals surface area (Å²) in [6, 6.07) is 3.94. The van der Waals surface area contributed by atoms with E-state index in [0.717, 1.165) is 12.8 Å². The molecule has 134 valence electrons. The van der Waals surface area contributed by atoms with Crippen molar-refractivity contribution in [2.24, 2.45) is 0 Å². The Hall–Kier alpha value is -2.51. The van der Waals surface area contributed by atoms with Crippen molar-refractivity contribution >= 4 is 16.8 Å². The lowest BCUT2D eigenvalue weighted by Gasteiger charge is -2.31. The van der Waals surface area contributed by atoms with Crippen LogP contribution in [-0.2, 0) is 11.3 Å². The summed E-state index contributed by atoms with van der Waals surface area (Å²) in [7, 11) is 0. The Morgan fingerprint density at radius 3 is 2.80 bits per heavy atom. The third-order valence-electron chi connectivity index (χ3n) is 4.53. The lowest BCUT2D eigenvalue weighted by molar-refractivity contribution is -0.135. The number of nitrogens with zero attached hydrogens (tertiary/aromatic N) is 3. The van der Waals surface area contributed by atoms with Gasteiger partial charge >= 0.3 is 6.61 Å². The SMILES string of the molecule is CC1(C)CCCN1C(=O)Cn1cnc2cc(OC(F)F)ccc2c1=O. The highest BCUT2D eigenvalue weighted by Crippen LogP contribution is 2.28. The van der Waals surface area contributed by atoms with E-state index in [9.17, 15) is 18.4 Å². The van der Waals surface area contributed by atoms with Crippen LogP contribution in [0.25, 0.3) is 10.9 Å². The maximum Gasteiger partial charge on any atom is 0.387 e. The van der Waals surface area contributed by atoms with Gasteiger partial charge in [0.05, 0.1) is 17.2 Å². The third-order valence-corrected chi connectivity index (χ3v) is 4.53. The monoisotopic (exact) mass is 351 g/mol. The molecule has 1 aromatic heterocycles. The minimum absolute atomic E-state index is 0.0676. The number of likely N-dealkylation sites (tertiary alicyclic amines) is 1. The molecule has 1 fully saturated rings. The van der Waals surface area contributed by atoms with Crippen molar-refractivity contribution in [1.82, 2.24) is 14.5 Å². The summed E-state index contributed by atoms with van der Waals surface area (Å²) in [5, 5.41) is 0.248. The highest BCUT2D eigenvalue weighted by atomic mass is 19.3. The van der Waals surface area contributed by atoms with Crippen molar-refractivity contribution in [3.8, 4) is 5.75 Å². The van der Waals surface area contributed by atoms with Crippen molar-refractivity contribution in [2.45, 2.75) is 45.4 Å². The van der Waals surface area contributed by atoms with Crippen LogP contribution in [0.3, 0.4) is 0 Å². The van der Waals surface area contributed by atoms with Crippen molar-refractivity contribution in [2.75, 3.05) is 6.54 Å². The van der Waals surface area contributed by atoms with Gasteiger partial charge in [-0.25, -0.2) is 4.98 Å². The van der Waals surface area contributed by atoms with Gasteiger partial charge in [0.25, 0.3) is 5.56 Å². The van der Waals surface area contributed by atoms with Crippen molar-refractivity contribution in [1.29, 1.82) is 0 Å².